The summed E-state index contributed by atoms with van der Waals surface area (Å²) in [5.74, 6) is 0.178. The van der Waals surface area contributed by atoms with Gasteiger partial charge in [0.2, 0.25) is 0 Å². The van der Waals surface area contributed by atoms with Crippen LogP contribution in [0, 0.1) is 0 Å². The van der Waals surface area contributed by atoms with E-state index < -0.39 is 18.0 Å². The molecule has 1 saturated heterocycles. The molecule has 0 unspecified atom stereocenters. The number of aliphatic hydroxyl groups excluding tert-OH is 1. The van der Waals surface area contributed by atoms with E-state index >= 15 is 0 Å². The molecule has 6 nitrogen and oxygen atoms in total. The van der Waals surface area contributed by atoms with Crippen LogP contribution >= 0.6 is 0 Å². The minimum absolute atomic E-state index is 0.132. The molecule has 0 saturated carbocycles. The molecule has 1 aromatic rings. The first-order valence-electron chi connectivity index (χ1n) is 4.90. The first kappa shape index (κ1) is 10.8. The summed E-state index contributed by atoms with van der Waals surface area (Å²) in [6.07, 6.45) is 1.17. The van der Waals surface area contributed by atoms with Crippen LogP contribution in [0.15, 0.2) is 29.2 Å². The zero-order valence-electron chi connectivity index (χ0n) is 8.67. The van der Waals surface area contributed by atoms with E-state index in [1.807, 2.05) is 0 Å². The monoisotopic (exact) mass is 223 g/mol. The van der Waals surface area contributed by atoms with Crippen LogP contribution in [0.1, 0.15) is 12.6 Å². The fourth-order valence-electron chi connectivity index (χ4n) is 1.67. The maximum Gasteiger partial charge on any atom is 0.351 e. The Morgan fingerprint density at radius 1 is 1.75 bits per heavy atom. The van der Waals surface area contributed by atoms with Gasteiger partial charge in [0.25, 0.3) is 0 Å². The largest absolute Gasteiger partial charge is 0.393 e. The molecule has 0 radical (unpaired) electrons. The quantitative estimate of drug-likeness (QED) is 0.669. The average molecular weight is 223 g/mol. The van der Waals surface area contributed by atoms with Crippen molar-refractivity contribution in [2.24, 2.45) is 0 Å². The van der Waals surface area contributed by atoms with Gasteiger partial charge in [0.15, 0.2) is 0 Å². The van der Waals surface area contributed by atoms with Gasteiger partial charge in [-0.15, -0.1) is 0 Å². The lowest BCUT2D eigenvalue weighted by Crippen LogP contribution is -2.27. The second kappa shape index (κ2) is 4.07. The normalized spacial score (nSPS) is 24.9. The van der Waals surface area contributed by atoms with E-state index in [2.05, 4.69) is 11.6 Å². The van der Waals surface area contributed by atoms with E-state index in [-0.39, 0.29) is 12.4 Å². The molecule has 3 N–H and O–H groups in total. The Morgan fingerprint density at radius 3 is 3.06 bits per heavy atom. The first-order chi connectivity index (χ1) is 7.61. The summed E-state index contributed by atoms with van der Waals surface area (Å²) in [6.45, 7) is 3.65. The van der Waals surface area contributed by atoms with Crippen LogP contribution in [0.2, 0.25) is 0 Å². The van der Waals surface area contributed by atoms with Gasteiger partial charge in [-0.25, -0.2) is 4.79 Å². The number of nitrogen functional groups attached to an aromatic ring is 1. The molecule has 86 valence electrons. The van der Waals surface area contributed by atoms with Crippen LogP contribution < -0.4 is 11.4 Å². The number of nitrogens with two attached hydrogens (primary N) is 1. The molecule has 0 bridgehead atoms. The number of hydrogen-bond donors (Lipinski definition) is 2. The Bertz CT molecular complexity index is 469. The maximum absolute atomic E-state index is 11.5. The van der Waals surface area contributed by atoms with Gasteiger partial charge in [0.1, 0.15) is 18.1 Å². The van der Waals surface area contributed by atoms with Gasteiger partial charge in [0.05, 0.1) is 6.61 Å². The van der Waals surface area contributed by atoms with Crippen molar-refractivity contribution in [1.29, 1.82) is 0 Å². The van der Waals surface area contributed by atoms with Crippen molar-refractivity contribution in [1.82, 2.24) is 9.55 Å². The van der Waals surface area contributed by atoms with Crippen molar-refractivity contribution >= 4 is 5.82 Å². The van der Waals surface area contributed by atoms with Crippen LogP contribution in [-0.2, 0) is 4.74 Å². The second-order valence-corrected chi connectivity index (χ2v) is 3.67. The Balaban J connectivity index is 2.27. The number of nitrogens with zero attached hydrogens (tertiary/aromatic N) is 2. The summed E-state index contributed by atoms with van der Waals surface area (Å²) in [6, 6.07) is 1.53. The summed E-state index contributed by atoms with van der Waals surface area (Å²) in [5, 5.41) is 9.01. The Labute approximate surface area is 92.0 Å². The van der Waals surface area contributed by atoms with Crippen molar-refractivity contribution < 1.29 is 9.84 Å². The predicted molar refractivity (Wildman–Crippen MR) is 57.7 cm³/mol. The van der Waals surface area contributed by atoms with E-state index in [0.717, 1.165) is 5.57 Å². The molecule has 2 rings (SSSR count). The number of ether oxygens (including phenoxy) is 1. The molecule has 16 heavy (non-hydrogen) atoms. The highest BCUT2D eigenvalue weighted by Crippen LogP contribution is 2.30. The van der Waals surface area contributed by atoms with E-state index in [1.165, 1.54) is 16.8 Å². The topological polar surface area (TPSA) is 90.4 Å². The zero-order valence-corrected chi connectivity index (χ0v) is 8.67. The molecular weight excluding hydrogens is 210 g/mol. The highest BCUT2D eigenvalue weighted by Gasteiger charge is 2.29. The Hall–Kier alpha value is -1.66. The predicted octanol–water partition coefficient (Wildman–Crippen LogP) is -0.339. The van der Waals surface area contributed by atoms with Gasteiger partial charge < -0.3 is 15.6 Å². The molecule has 1 aliphatic rings. The third kappa shape index (κ3) is 1.84. The summed E-state index contributed by atoms with van der Waals surface area (Å²) in [7, 11) is 0. The summed E-state index contributed by atoms with van der Waals surface area (Å²) in [4.78, 5) is 15.1. The molecule has 0 aliphatic carbocycles. The lowest BCUT2D eigenvalue weighted by atomic mass is 10.1. The lowest BCUT2D eigenvalue weighted by molar-refractivity contribution is -0.0187. The fraction of sp³-hybridized carbons (Fsp3) is 0.400. The van der Waals surface area contributed by atoms with Crippen molar-refractivity contribution in [2.75, 3.05) is 12.3 Å². The van der Waals surface area contributed by atoms with Crippen molar-refractivity contribution in [3.05, 3.63) is 34.9 Å². The Kier molecular flexibility index (Phi) is 2.76. The molecule has 0 aromatic carbocycles. The molecule has 0 spiro atoms. The third-order valence-electron chi connectivity index (χ3n) is 2.54. The van der Waals surface area contributed by atoms with Crippen molar-refractivity contribution in [3.63, 3.8) is 0 Å². The number of aliphatic hydroxyl groups is 1. The number of hydrogen-bond acceptors (Lipinski definition) is 5. The van der Waals surface area contributed by atoms with Gasteiger partial charge in [-0.3, -0.25) is 4.57 Å². The van der Waals surface area contributed by atoms with E-state index in [4.69, 9.17) is 15.6 Å². The van der Waals surface area contributed by atoms with Crippen LogP contribution in [0.25, 0.3) is 0 Å². The van der Waals surface area contributed by atoms with Gasteiger partial charge in [-0.1, -0.05) is 6.58 Å². The van der Waals surface area contributed by atoms with Gasteiger partial charge in [0, 0.05) is 12.6 Å². The highest BCUT2D eigenvalue weighted by atomic mass is 16.5. The van der Waals surface area contributed by atoms with Crippen LogP contribution in [0.5, 0.6) is 0 Å². The maximum atomic E-state index is 11.5. The van der Waals surface area contributed by atoms with Crippen LogP contribution in [0.3, 0.4) is 0 Å². The van der Waals surface area contributed by atoms with E-state index in [9.17, 15) is 4.79 Å². The summed E-state index contributed by atoms with van der Waals surface area (Å²) in [5.41, 5.74) is 5.70. The SMILES string of the molecule is C=C1C[C@@H](n2ccc(N)nc2=O)O[C@H]1CO. The molecule has 2 heterocycles. The molecular formula is C10H13N3O3. The van der Waals surface area contributed by atoms with E-state index in [1.54, 1.807) is 0 Å². The van der Waals surface area contributed by atoms with Crippen molar-refractivity contribution in [2.45, 2.75) is 18.8 Å². The average Bonchev–Trinajstić information content (AvgIpc) is 2.59. The van der Waals surface area contributed by atoms with E-state index in [0.29, 0.717) is 6.42 Å². The van der Waals surface area contributed by atoms with Crippen LogP contribution in [-0.4, -0.2) is 27.4 Å². The molecule has 0 amide bonds. The molecule has 6 heteroatoms. The third-order valence-corrected chi connectivity index (χ3v) is 2.54. The molecule has 1 aliphatic heterocycles. The van der Waals surface area contributed by atoms with Gasteiger partial charge in [-0.05, 0) is 11.6 Å². The lowest BCUT2D eigenvalue weighted by Gasteiger charge is -2.13. The smallest absolute Gasteiger partial charge is 0.351 e. The first-order valence-corrected chi connectivity index (χ1v) is 4.90. The molecule has 1 aromatic heterocycles. The number of aromatic nitrogens is 2. The molecule has 2 atom stereocenters. The zero-order chi connectivity index (χ0) is 11.7. The number of rotatable bonds is 2. The van der Waals surface area contributed by atoms with Gasteiger partial charge in [-0.2, -0.15) is 4.98 Å². The fourth-order valence-corrected chi connectivity index (χ4v) is 1.67. The highest BCUT2D eigenvalue weighted by molar-refractivity contribution is 5.23. The minimum Gasteiger partial charge on any atom is -0.393 e. The summed E-state index contributed by atoms with van der Waals surface area (Å²) >= 11 is 0. The summed E-state index contributed by atoms with van der Waals surface area (Å²) < 4.78 is 6.81. The second-order valence-electron chi connectivity index (χ2n) is 3.67. The standard InChI is InChI=1S/C10H13N3O3/c1-6-4-9(16-7(6)5-14)13-3-2-8(11)12-10(13)15/h2-3,7,9,14H,1,4-5H2,(H2,11,12,15)/t7-,9-/m0/s1. The van der Waals surface area contributed by atoms with Crippen molar-refractivity contribution in [3.8, 4) is 0 Å². The number of anilines is 1. The minimum atomic E-state index is -0.462. The van der Waals surface area contributed by atoms with Crippen LogP contribution in [0.4, 0.5) is 5.82 Å². The molecule has 1 fully saturated rings. The Morgan fingerprint density at radius 2 is 2.50 bits per heavy atom. The van der Waals surface area contributed by atoms with Gasteiger partial charge >= 0.3 is 5.69 Å².